The van der Waals surface area contributed by atoms with E-state index < -0.39 is 54.4 Å². The lowest BCUT2D eigenvalue weighted by atomic mass is 10.0. The van der Waals surface area contributed by atoms with E-state index in [0.29, 0.717) is 5.69 Å². The van der Waals surface area contributed by atoms with Crippen LogP contribution in [0, 0.1) is 0 Å². The van der Waals surface area contributed by atoms with E-state index in [9.17, 15) is 14.4 Å². The molecule has 5 atom stereocenters. The number of anilines is 1. The largest absolute Gasteiger partial charge is 0.464 e. The molecule has 2 fully saturated rings. The molecule has 0 spiro atoms. The summed E-state index contributed by atoms with van der Waals surface area (Å²) in [5.74, 6) is -1.98. The summed E-state index contributed by atoms with van der Waals surface area (Å²) in [6, 6.07) is 7.46. The number of esters is 2. The standard InChI is InChI=1S/C20H26N2O8/c1-11(23)26-10-14(22-19(25)21-13-8-6-5-7-9-13)15-16(27-12(2)24)17-18(28-15)30-20(3,4)29-17/h5-9,14-18H,10H2,1-4H3,(H2,21,22,25)/t14-,15-,16-,17+,18+/m0/s1. The van der Waals surface area contributed by atoms with Gasteiger partial charge in [0.05, 0.1) is 6.04 Å². The second-order valence-electron chi connectivity index (χ2n) is 7.52. The third kappa shape index (κ3) is 5.47. The predicted molar refractivity (Wildman–Crippen MR) is 103 cm³/mol. The van der Waals surface area contributed by atoms with Crippen LogP contribution >= 0.6 is 0 Å². The molecule has 2 heterocycles. The maximum Gasteiger partial charge on any atom is 0.319 e. The third-order valence-electron chi connectivity index (χ3n) is 4.54. The monoisotopic (exact) mass is 422 g/mol. The molecule has 2 aliphatic heterocycles. The highest BCUT2D eigenvalue weighted by atomic mass is 16.8. The van der Waals surface area contributed by atoms with Gasteiger partial charge in [-0.05, 0) is 26.0 Å². The van der Waals surface area contributed by atoms with Crippen LogP contribution in [0.4, 0.5) is 10.5 Å². The molecule has 1 aromatic carbocycles. The van der Waals surface area contributed by atoms with E-state index in [1.807, 2.05) is 6.07 Å². The lowest BCUT2D eigenvalue weighted by Crippen LogP contribution is -2.54. The predicted octanol–water partition coefficient (Wildman–Crippen LogP) is 1.55. The Balaban J connectivity index is 1.76. The molecule has 0 unspecified atom stereocenters. The van der Waals surface area contributed by atoms with Crippen LogP contribution in [0.25, 0.3) is 0 Å². The zero-order chi connectivity index (χ0) is 21.9. The number of amides is 2. The van der Waals surface area contributed by atoms with Crippen LogP contribution in [0.3, 0.4) is 0 Å². The molecule has 2 aliphatic rings. The number of fused-ring (bicyclic) bond motifs is 1. The van der Waals surface area contributed by atoms with Gasteiger partial charge in [-0.3, -0.25) is 9.59 Å². The fraction of sp³-hybridized carbons (Fsp3) is 0.550. The van der Waals surface area contributed by atoms with Crippen LogP contribution in [0.5, 0.6) is 0 Å². The number of hydrogen-bond donors (Lipinski definition) is 2. The van der Waals surface area contributed by atoms with Crippen LogP contribution in [0.1, 0.15) is 27.7 Å². The van der Waals surface area contributed by atoms with Crippen molar-refractivity contribution in [1.29, 1.82) is 0 Å². The average molecular weight is 422 g/mol. The highest BCUT2D eigenvalue weighted by Gasteiger charge is 2.58. The Bertz CT molecular complexity index is 784. The van der Waals surface area contributed by atoms with Gasteiger partial charge in [0.2, 0.25) is 0 Å². The van der Waals surface area contributed by atoms with Crippen LogP contribution in [0.15, 0.2) is 30.3 Å². The number of carbonyl (C=O) groups is 3. The van der Waals surface area contributed by atoms with Gasteiger partial charge in [-0.25, -0.2) is 4.79 Å². The highest BCUT2D eigenvalue weighted by molar-refractivity contribution is 5.89. The van der Waals surface area contributed by atoms with E-state index in [4.69, 9.17) is 23.7 Å². The normalized spacial score (nSPS) is 27.6. The quantitative estimate of drug-likeness (QED) is 0.663. The molecule has 1 aromatic rings. The summed E-state index contributed by atoms with van der Waals surface area (Å²) in [6.07, 6.45) is -3.21. The minimum Gasteiger partial charge on any atom is -0.464 e. The second kappa shape index (κ2) is 8.99. The molecule has 2 amide bonds. The van der Waals surface area contributed by atoms with Crippen LogP contribution in [-0.2, 0) is 33.3 Å². The number of para-hydroxylation sites is 1. The molecule has 0 saturated carbocycles. The van der Waals surface area contributed by atoms with Crippen molar-refractivity contribution in [2.75, 3.05) is 11.9 Å². The third-order valence-corrected chi connectivity index (χ3v) is 4.54. The summed E-state index contributed by atoms with van der Waals surface area (Å²) in [5, 5.41) is 5.41. The molecule has 164 valence electrons. The Morgan fingerprint density at radius 2 is 1.80 bits per heavy atom. The molecule has 2 N–H and O–H groups in total. The minimum atomic E-state index is -0.914. The molecule has 10 nitrogen and oxygen atoms in total. The Morgan fingerprint density at radius 1 is 1.10 bits per heavy atom. The van der Waals surface area contributed by atoms with E-state index >= 15 is 0 Å². The molecule has 2 saturated heterocycles. The first kappa shape index (κ1) is 22.0. The summed E-state index contributed by atoms with van der Waals surface area (Å²) in [6.45, 7) is 5.77. The smallest absolute Gasteiger partial charge is 0.319 e. The van der Waals surface area contributed by atoms with Crippen molar-refractivity contribution >= 4 is 23.7 Å². The van der Waals surface area contributed by atoms with Crippen molar-refractivity contribution in [3.63, 3.8) is 0 Å². The molecule has 3 rings (SSSR count). The minimum absolute atomic E-state index is 0.192. The number of hydrogen-bond acceptors (Lipinski definition) is 8. The number of carbonyl (C=O) groups excluding carboxylic acids is 3. The Morgan fingerprint density at radius 3 is 2.43 bits per heavy atom. The molecular weight excluding hydrogens is 396 g/mol. The maximum atomic E-state index is 12.5. The van der Waals surface area contributed by atoms with Crippen LogP contribution < -0.4 is 10.6 Å². The second-order valence-corrected chi connectivity index (χ2v) is 7.52. The molecule has 0 aliphatic carbocycles. The van der Waals surface area contributed by atoms with Gasteiger partial charge in [0, 0.05) is 19.5 Å². The van der Waals surface area contributed by atoms with Crippen molar-refractivity contribution in [1.82, 2.24) is 5.32 Å². The van der Waals surface area contributed by atoms with Gasteiger partial charge < -0.3 is 34.3 Å². The van der Waals surface area contributed by atoms with Gasteiger partial charge in [-0.2, -0.15) is 0 Å². The van der Waals surface area contributed by atoms with Crippen molar-refractivity contribution < 1.29 is 38.1 Å². The van der Waals surface area contributed by atoms with Crippen molar-refractivity contribution in [2.45, 2.75) is 64.1 Å². The van der Waals surface area contributed by atoms with Crippen molar-refractivity contribution in [3.05, 3.63) is 30.3 Å². The number of rotatable bonds is 6. The Kier molecular flexibility index (Phi) is 6.59. The number of ether oxygens (including phenoxy) is 5. The van der Waals surface area contributed by atoms with Gasteiger partial charge >= 0.3 is 18.0 Å². The number of benzene rings is 1. The van der Waals surface area contributed by atoms with E-state index in [1.54, 1.807) is 38.1 Å². The summed E-state index contributed by atoms with van der Waals surface area (Å²) in [5.41, 5.74) is 0.579. The number of urea groups is 1. The van der Waals surface area contributed by atoms with Crippen molar-refractivity contribution in [3.8, 4) is 0 Å². The molecule has 0 radical (unpaired) electrons. The van der Waals surface area contributed by atoms with E-state index in [2.05, 4.69) is 10.6 Å². The van der Waals surface area contributed by atoms with Gasteiger partial charge in [0.25, 0.3) is 0 Å². The molecule has 0 aromatic heterocycles. The lowest BCUT2D eigenvalue weighted by molar-refractivity contribution is -0.222. The summed E-state index contributed by atoms with van der Waals surface area (Å²) >= 11 is 0. The van der Waals surface area contributed by atoms with E-state index in [0.717, 1.165) is 0 Å². The van der Waals surface area contributed by atoms with Gasteiger partial charge in [-0.15, -0.1) is 0 Å². The SMILES string of the molecule is CC(=O)OC[C@H](NC(=O)Nc1ccccc1)[C@@H]1O[C@@H]2OC(C)(C)O[C@@H]2[C@H]1OC(C)=O. The average Bonchev–Trinajstić information content (AvgIpc) is 3.11. The van der Waals surface area contributed by atoms with Gasteiger partial charge in [0.15, 0.2) is 24.3 Å². The summed E-state index contributed by atoms with van der Waals surface area (Å²) in [4.78, 5) is 35.6. The number of nitrogens with one attached hydrogen (secondary N) is 2. The van der Waals surface area contributed by atoms with Crippen molar-refractivity contribution in [2.24, 2.45) is 0 Å². The lowest BCUT2D eigenvalue weighted by Gasteiger charge is -2.30. The van der Waals surface area contributed by atoms with Crippen LogP contribution in [0.2, 0.25) is 0 Å². The first-order chi connectivity index (χ1) is 14.1. The maximum absolute atomic E-state index is 12.5. The van der Waals surface area contributed by atoms with Gasteiger partial charge in [-0.1, -0.05) is 18.2 Å². The molecule has 0 bridgehead atoms. The molecular formula is C20H26N2O8. The summed E-state index contributed by atoms with van der Waals surface area (Å²) in [7, 11) is 0. The molecule has 10 heteroatoms. The summed E-state index contributed by atoms with van der Waals surface area (Å²) < 4.78 is 28.0. The van der Waals surface area contributed by atoms with Gasteiger partial charge in [0.1, 0.15) is 12.7 Å². The molecule has 30 heavy (non-hydrogen) atoms. The Hall–Kier alpha value is -2.69. The first-order valence-electron chi connectivity index (χ1n) is 9.59. The zero-order valence-corrected chi connectivity index (χ0v) is 17.2. The van der Waals surface area contributed by atoms with Crippen LogP contribution in [-0.4, -0.2) is 61.0 Å². The fourth-order valence-corrected chi connectivity index (χ4v) is 3.44. The first-order valence-corrected chi connectivity index (χ1v) is 9.59. The van der Waals surface area contributed by atoms with E-state index in [-0.39, 0.29) is 6.61 Å². The van der Waals surface area contributed by atoms with E-state index in [1.165, 1.54) is 13.8 Å². The Labute approximate surface area is 174 Å². The zero-order valence-electron chi connectivity index (χ0n) is 17.2. The fourth-order valence-electron chi connectivity index (χ4n) is 3.44. The topological polar surface area (TPSA) is 121 Å². The highest BCUT2D eigenvalue weighted by Crippen LogP contribution is 2.39.